The minimum atomic E-state index is -0.292. The molecule has 1 heterocycles. The van der Waals surface area contributed by atoms with Gasteiger partial charge in [-0.2, -0.15) is 0 Å². The lowest BCUT2D eigenvalue weighted by atomic mass is 9.83. The zero-order chi connectivity index (χ0) is 13.7. The van der Waals surface area contributed by atoms with Gasteiger partial charge in [0.05, 0.1) is 0 Å². The number of hydrogen-bond acceptors (Lipinski definition) is 4. The van der Waals surface area contributed by atoms with Crippen molar-refractivity contribution < 1.29 is 9.53 Å². The summed E-state index contributed by atoms with van der Waals surface area (Å²) < 4.78 is 5.45. The molecule has 2 N–H and O–H groups in total. The fourth-order valence-electron chi connectivity index (χ4n) is 2.91. The average molecular weight is 262 g/mol. The van der Waals surface area contributed by atoms with Crippen molar-refractivity contribution in [1.82, 2.24) is 4.98 Å². The van der Waals surface area contributed by atoms with Gasteiger partial charge in [-0.1, -0.05) is 25.3 Å². The second kappa shape index (κ2) is 6.66. The molecule has 4 heteroatoms. The van der Waals surface area contributed by atoms with Crippen molar-refractivity contribution in [3.05, 3.63) is 23.9 Å². The summed E-state index contributed by atoms with van der Waals surface area (Å²) in [4.78, 5) is 16.4. The number of carbonyl (C=O) groups excluding carboxylic acids is 1. The van der Waals surface area contributed by atoms with Gasteiger partial charge >= 0.3 is 0 Å². The Morgan fingerprint density at radius 3 is 2.84 bits per heavy atom. The van der Waals surface area contributed by atoms with E-state index in [1.807, 2.05) is 6.07 Å². The number of carbonyl (C=O) groups is 1. The molecular formula is C15H22N2O2. The summed E-state index contributed by atoms with van der Waals surface area (Å²) in [5.41, 5.74) is 6.58. The number of ketones is 1. The van der Waals surface area contributed by atoms with Gasteiger partial charge < -0.3 is 10.5 Å². The number of pyridine rings is 1. The molecule has 1 aromatic rings. The van der Waals surface area contributed by atoms with Gasteiger partial charge in [-0.25, -0.2) is 4.98 Å². The van der Waals surface area contributed by atoms with Crippen molar-refractivity contribution >= 4 is 11.6 Å². The van der Waals surface area contributed by atoms with E-state index in [9.17, 15) is 4.79 Å². The molecule has 1 aliphatic carbocycles. The van der Waals surface area contributed by atoms with E-state index in [1.54, 1.807) is 19.4 Å². The van der Waals surface area contributed by atoms with Gasteiger partial charge in [-0.05, 0) is 24.8 Å². The van der Waals surface area contributed by atoms with Gasteiger partial charge in [-0.3, -0.25) is 4.79 Å². The molecule has 1 aromatic heterocycles. The van der Waals surface area contributed by atoms with E-state index >= 15 is 0 Å². The highest BCUT2D eigenvalue weighted by Gasteiger charge is 2.29. The Hall–Kier alpha value is -1.42. The summed E-state index contributed by atoms with van der Waals surface area (Å²) in [7, 11) is 1.63. The number of ether oxygens (including phenoxy) is 1. The molecule has 0 amide bonds. The Balaban J connectivity index is 2.02. The van der Waals surface area contributed by atoms with Gasteiger partial charge in [0.15, 0.2) is 5.78 Å². The molecule has 0 bridgehead atoms. The largest absolute Gasteiger partial charge is 0.383 e. The van der Waals surface area contributed by atoms with Crippen LogP contribution < -0.4 is 5.73 Å². The first-order valence-corrected chi connectivity index (χ1v) is 6.97. The summed E-state index contributed by atoms with van der Waals surface area (Å²) in [6.07, 6.45) is 7.52. The quantitative estimate of drug-likeness (QED) is 0.884. The highest BCUT2D eigenvalue weighted by Crippen LogP contribution is 2.29. The first-order chi connectivity index (χ1) is 9.22. The number of aromatic nitrogens is 1. The number of Topliss-reactive ketones (excluding diaryl/α,β-unsaturated/α-hetero) is 1. The fraction of sp³-hybridized carbons (Fsp3) is 0.600. The average Bonchev–Trinajstić information content (AvgIpc) is 2.43. The maximum absolute atomic E-state index is 12.4. The van der Waals surface area contributed by atoms with Crippen LogP contribution in [0.3, 0.4) is 0 Å². The number of rotatable bonds is 5. The first kappa shape index (κ1) is 14.0. The summed E-state index contributed by atoms with van der Waals surface area (Å²) in [6.45, 7) is 0. The lowest BCUT2D eigenvalue weighted by Crippen LogP contribution is -2.34. The van der Waals surface area contributed by atoms with Gasteiger partial charge in [0.1, 0.15) is 11.9 Å². The molecule has 1 atom stereocenters. The molecule has 0 aliphatic heterocycles. The highest BCUT2D eigenvalue weighted by molar-refractivity contribution is 5.86. The maximum Gasteiger partial charge on any atom is 0.166 e. The molecule has 0 saturated heterocycles. The molecular weight excluding hydrogens is 240 g/mol. The number of methoxy groups -OCH3 is 1. The van der Waals surface area contributed by atoms with Crippen LogP contribution >= 0.6 is 0 Å². The Bertz CT molecular complexity index is 428. The molecule has 0 spiro atoms. The molecule has 2 rings (SSSR count). The van der Waals surface area contributed by atoms with Crippen molar-refractivity contribution in [2.24, 2.45) is 5.92 Å². The SMILES string of the molecule is COC(C(=O)Cc1cccnc1N)C1CCCCC1. The summed E-state index contributed by atoms with van der Waals surface area (Å²) in [6, 6.07) is 3.66. The molecule has 0 aromatic carbocycles. The van der Waals surface area contributed by atoms with Crippen molar-refractivity contribution in [2.45, 2.75) is 44.6 Å². The van der Waals surface area contributed by atoms with Crippen LogP contribution in [0.4, 0.5) is 5.82 Å². The van der Waals surface area contributed by atoms with Gasteiger partial charge in [-0.15, -0.1) is 0 Å². The topological polar surface area (TPSA) is 65.2 Å². The van der Waals surface area contributed by atoms with Gasteiger partial charge in [0.2, 0.25) is 0 Å². The number of anilines is 1. The van der Waals surface area contributed by atoms with Crippen molar-refractivity contribution in [3.8, 4) is 0 Å². The van der Waals surface area contributed by atoms with Crippen LogP contribution in [0.25, 0.3) is 0 Å². The number of nitrogens with zero attached hydrogens (tertiary/aromatic N) is 1. The minimum Gasteiger partial charge on any atom is -0.383 e. The van der Waals surface area contributed by atoms with Crippen LogP contribution in [0, 0.1) is 5.92 Å². The maximum atomic E-state index is 12.4. The summed E-state index contributed by atoms with van der Waals surface area (Å²) in [5.74, 6) is 0.924. The standard InChI is InChI=1S/C15H22N2O2/c1-19-14(11-6-3-2-4-7-11)13(18)10-12-8-5-9-17-15(12)16/h5,8-9,11,14H,2-4,6-7,10H2,1H3,(H2,16,17). The van der Waals surface area contributed by atoms with Crippen LogP contribution in [0.5, 0.6) is 0 Å². The smallest absolute Gasteiger partial charge is 0.166 e. The third-order valence-corrected chi connectivity index (χ3v) is 3.94. The molecule has 0 radical (unpaired) electrons. The van der Waals surface area contributed by atoms with Crippen molar-refractivity contribution in [3.63, 3.8) is 0 Å². The van der Waals surface area contributed by atoms with Crippen molar-refractivity contribution in [2.75, 3.05) is 12.8 Å². The van der Waals surface area contributed by atoms with E-state index in [4.69, 9.17) is 10.5 Å². The van der Waals surface area contributed by atoms with E-state index in [0.717, 1.165) is 18.4 Å². The number of nitrogen functional groups attached to an aromatic ring is 1. The number of hydrogen-bond donors (Lipinski definition) is 1. The van der Waals surface area contributed by atoms with Crippen LogP contribution in [-0.4, -0.2) is 24.0 Å². The normalized spacial score (nSPS) is 18.2. The monoisotopic (exact) mass is 262 g/mol. The van der Waals surface area contributed by atoms with Crippen molar-refractivity contribution in [1.29, 1.82) is 0 Å². The molecule has 1 unspecified atom stereocenters. The van der Waals surface area contributed by atoms with Gasteiger partial charge in [0, 0.05) is 25.3 Å². The van der Waals surface area contributed by atoms with Gasteiger partial charge in [0.25, 0.3) is 0 Å². The lowest BCUT2D eigenvalue weighted by molar-refractivity contribution is -0.132. The van der Waals surface area contributed by atoms with E-state index in [2.05, 4.69) is 4.98 Å². The van der Waals surface area contributed by atoms with Crippen LogP contribution in [-0.2, 0) is 16.0 Å². The summed E-state index contributed by atoms with van der Waals surface area (Å²) in [5, 5.41) is 0. The predicted molar refractivity (Wildman–Crippen MR) is 74.7 cm³/mol. The summed E-state index contributed by atoms with van der Waals surface area (Å²) >= 11 is 0. The minimum absolute atomic E-state index is 0.120. The molecule has 1 aliphatic rings. The lowest BCUT2D eigenvalue weighted by Gasteiger charge is -2.28. The zero-order valence-corrected chi connectivity index (χ0v) is 11.5. The second-order valence-corrected chi connectivity index (χ2v) is 5.25. The van der Waals surface area contributed by atoms with E-state index in [-0.39, 0.29) is 11.9 Å². The van der Waals surface area contributed by atoms with Crippen LogP contribution in [0.1, 0.15) is 37.7 Å². The molecule has 104 valence electrons. The van der Waals surface area contributed by atoms with E-state index < -0.39 is 0 Å². The third-order valence-electron chi connectivity index (χ3n) is 3.94. The molecule has 1 saturated carbocycles. The Labute approximate surface area is 114 Å². The second-order valence-electron chi connectivity index (χ2n) is 5.25. The highest BCUT2D eigenvalue weighted by atomic mass is 16.5. The Morgan fingerprint density at radius 2 is 2.21 bits per heavy atom. The molecule has 1 fully saturated rings. The Kier molecular flexibility index (Phi) is 4.91. The first-order valence-electron chi connectivity index (χ1n) is 6.97. The zero-order valence-electron chi connectivity index (χ0n) is 11.5. The van der Waals surface area contributed by atoms with E-state index in [1.165, 1.54) is 19.3 Å². The van der Waals surface area contributed by atoms with E-state index in [0.29, 0.717) is 18.2 Å². The molecule has 19 heavy (non-hydrogen) atoms. The fourth-order valence-corrected chi connectivity index (χ4v) is 2.91. The van der Waals surface area contributed by atoms with Crippen LogP contribution in [0.2, 0.25) is 0 Å². The third kappa shape index (κ3) is 3.53. The van der Waals surface area contributed by atoms with Crippen LogP contribution in [0.15, 0.2) is 18.3 Å². The molecule has 4 nitrogen and oxygen atoms in total. The Morgan fingerprint density at radius 1 is 1.47 bits per heavy atom. The number of nitrogens with two attached hydrogens (primary N) is 1. The predicted octanol–water partition coefficient (Wildman–Crippen LogP) is 2.37.